The molecule has 0 aromatic carbocycles. The minimum absolute atomic E-state index is 0.0741. The standard InChI is InChI=1S/C8H14N2O2/c1-10-4-2-3-6(10)7-5-9-8(11)12-7/h6-7H,2-5H2,1H3,(H,9,11)/t6-,7?/m1/s1. The molecule has 0 bridgehead atoms. The van der Waals surface area contributed by atoms with E-state index in [1.165, 1.54) is 6.42 Å². The highest BCUT2D eigenvalue weighted by Gasteiger charge is 2.35. The number of alkyl carbamates (subject to hydrolysis) is 1. The van der Waals surface area contributed by atoms with Crippen molar-refractivity contribution < 1.29 is 9.53 Å². The first kappa shape index (κ1) is 7.86. The van der Waals surface area contributed by atoms with Crippen LogP contribution in [-0.4, -0.2) is 43.3 Å². The van der Waals surface area contributed by atoms with Gasteiger partial charge in [0.2, 0.25) is 0 Å². The molecule has 1 amide bonds. The largest absolute Gasteiger partial charge is 0.443 e. The van der Waals surface area contributed by atoms with E-state index in [9.17, 15) is 4.79 Å². The van der Waals surface area contributed by atoms with Gasteiger partial charge in [-0.1, -0.05) is 0 Å². The molecule has 4 heteroatoms. The second-order valence-electron chi connectivity index (χ2n) is 3.51. The molecule has 68 valence electrons. The van der Waals surface area contributed by atoms with Crippen LogP contribution in [0.4, 0.5) is 4.79 Å². The molecule has 0 aromatic rings. The van der Waals surface area contributed by atoms with Crippen LogP contribution in [0, 0.1) is 0 Å². The fourth-order valence-corrected chi connectivity index (χ4v) is 2.03. The third kappa shape index (κ3) is 1.27. The highest BCUT2D eigenvalue weighted by molar-refractivity contribution is 5.69. The number of amides is 1. The SMILES string of the molecule is CN1CCC[C@@H]1C1CNC(=O)O1. The summed E-state index contributed by atoms with van der Waals surface area (Å²) in [6.45, 7) is 1.80. The average Bonchev–Trinajstić information content (AvgIpc) is 2.58. The van der Waals surface area contributed by atoms with Gasteiger partial charge in [-0.3, -0.25) is 4.90 Å². The fourth-order valence-electron chi connectivity index (χ4n) is 2.03. The zero-order valence-electron chi connectivity index (χ0n) is 7.25. The Morgan fingerprint density at radius 3 is 3.00 bits per heavy atom. The van der Waals surface area contributed by atoms with Crippen molar-refractivity contribution in [3.63, 3.8) is 0 Å². The van der Waals surface area contributed by atoms with E-state index in [0.717, 1.165) is 13.0 Å². The maximum absolute atomic E-state index is 10.8. The Kier molecular flexibility index (Phi) is 1.92. The van der Waals surface area contributed by atoms with Crippen LogP contribution in [-0.2, 0) is 4.74 Å². The molecule has 2 heterocycles. The first-order valence-corrected chi connectivity index (χ1v) is 4.42. The Labute approximate surface area is 71.9 Å². The van der Waals surface area contributed by atoms with E-state index < -0.39 is 0 Å². The molecular weight excluding hydrogens is 156 g/mol. The van der Waals surface area contributed by atoms with Crippen LogP contribution < -0.4 is 5.32 Å². The lowest BCUT2D eigenvalue weighted by molar-refractivity contribution is 0.0893. The summed E-state index contributed by atoms with van der Waals surface area (Å²) in [5.74, 6) is 0. The van der Waals surface area contributed by atoms with Crippen molar-refractivity contribution in [2.45, 2.75) is 25.0 Å². The van der Waals surface area contributed by atoms with Gasteiger partial charge >= 0.3 is 6.09 Å². The molecule has 2 aliphatic heterocycles. The predicted molar refractivity (Wildman–Crippen MR) is 43.9 cm³/mol. The summed E-state index contributed by atoms with van der Waals surface area (Å²) in [5, 5.41) is 2.68. The Hall–Kier alpha value is -0.770. The monoisotopic (exact) mass is 170 g/mol. The second-order valence-corrected chi connectivity index (χ2v) is 3.51. The Balaban J connectivity index is 1.95. The molecule has 2 fully saturated rings. The van der Waals surface area contributed by atoms with Gasteiger partial charge in [0.1, 0.15) is 6.10 Å². The molecule has 0 saturated carbocycles. The first-order chi connectivity index (χ1) is 5.77. The van der Waals surface area contributed by atoms with E-state index in [1.54, 1.807) is 0 Å². The molecule has 0 aliphatic carbocycles. The van der Waals surface area contributed by atoms with Gasteiger partial charge in [-0.15, -0.1) is 0 Å². The van der Waals surface area contributed by atoms with Crippen LogP contribution in [0.25, 0.3) is 0 Å². The van der Waals surface area contributed by atoms with Gasteiger partial charge in [0.15, 0.2) is 0 Å². The van der Waals surface area contributed by atoms with E-state index in [-0.39, 0.29) is 12.2 Å². The molecule has 1 unspecified atom stereocenters. The second kappa shape index (κ2) is 2.94. The molecule has 0 radical (unpaired) electrons. The molecule has 0 spiro atoms. The van der Waals surface area contributed by atoms with E-state index in [4.69, 9.17) is 4.74 Å². The molecule has 2 saturated heterocycles. The minimum Gasteiger partial charge on any atom is -0.443 e. The number of carbonyl (C=O) groups is 1. The number of rotatable bonds is 1. The van der Waals surface area contributed by atoms with Crippen molar-refractivity contribution in [3.8, 4) is 0 Å². The summed E-state index contributed by atoms with van der Waals surface area (Å²) in [6.07, 6.45) is 2.18. The maximum Gasteiger partial charge on any atom is 0.407 e. The Morgan fingerprint density at radius 1 is 1.67 bits per heavy atom. The van der Waals surface area contributed by atoms with Crippen LogP contribution in [0.2, 0.25) is 0 Å². The van der Waals surface area contributed by atoms with Gasteiger partial charge in [-0.05, 0) is 26.4 Å². The number of nitrogens with one attached hydrogen (secondary N) is 1. The van der Waals surface area contributed by atoms with Crippen LogP contribution in [0.15, 0.2) is 0 Å². The molecule has 2 atom stereocenters. The summed E-state index contributed by atoms with van der Waals surface area (Å²) in [7, 11) is 2.09. The molecule has 4 nitrogen and oxygen atoms in total. The first-order valence-electron chi connectivity index (χ1n) is 4.42. The van der Waals surface area contributed by atoms with Gasteiger partial charge < -0.3 is 10.1 Å². The van der Waals surface area contributed by atoms with E-state index in [2.05, 4.69) is 17.3 Å². The minimum atomic E-state index is -0.264. The quantitative estimate of drug-likeness (QED) is 0.610. The number of nitrogens with zero attached hydrogens (tertiary/aromatic N) is 1. The van der Waals surface area contributed by atoms with Gasteiger partial charge in [-0.2, -0.15) is 0 Å². The van der Waals surface area contributed by atoms with Crippen molar-refractivity contribution in [2.75, 3.05) is 20.1 Å². The lowest BCUT2D eigenvalue weighted by Crippen LogP contribution is -2.38. The van der Waals surface area contributed by atoms with Crippen molar-refractivity contribution in [1.29, 1.82) is 0 Å². The summed E-state index contributed by atoms with van der Waals surface area (Å²) >= 11 is 0. The van der Waals surface area contributed by atoms with Crippen LogP contribution in [0.3, 0.4) is 0 Å². The zero-order valence-corrected chi connectivity index (χ0v) is 7.25. The third-order valence-corrected chi connectivity index (χ3v) is 2.71. The molecule has 2 aliphatic rings. The summed E-state index contributed by atoms with van der Waals surface area (Å²) in [4.78, 5) is 13.0. The molecular formula is C8H14N2O2. The van der Waals surface area contributed by atoms with Gasteiger partial charge in [0, 0.05) is 6.04 Å². The lowest BCUT2D eigenvalue weighted by Gasteiger charge is -2.23. The van der Waals surface area contributed by atoms with Crippen molar-refractivity contribution >= 4 is 6.09 Å². The van der Waals surface area contributed by atoms with Crippen LogP contribution in [0.5, 0.6) is 0 Å². The van der Waals surface area contributed by atoms with Crippen molar-refractivity contribution in [1.82, 2.24) is 10.2 Å². The predicted octanol–water partition coefficient (Wildman–Crippen LogP) is 0.189. The van der Waals surface area contributed by atoms with Crippen LogP contribution >= 0.6 is 0 Å². The third-order valence-electron chi connectivity index (χ3n) is 2.71. The van der Waals surface area contributed by atoms with Crippen LogP contribution in [0.1, 0.15) is 12.8 Å². The van der Waals surface area contributed by atoms with Gasteiger partial charge in [0.25, 0.3) is 0 Å². The topological polar surface area (TPSA) is 41.6 Å². The Bertz CT molecular complexity index is 195. The molecule has 0 aromatic heterocycles. The summed E-state index contributed by atoms with van der Waals surface area (Å²) in [5.41, 5.74) is 0. The number of likely N-dealkylation sites (tertiary alicyclic amines) is 1. The van der Waals surface area contributed by atoms with E-state index in [0.29, 0.717) is 12.6 Å². The summed E-state index contributed by atoms with van der Waals surface area (Å²) < 4.78 is 5.12. The highest BCUT2D eigenvalue weighted by atomic mass is 16.6. The number of carbonyl (C=O) groups excluding carboxylic acids is 1. The van der Waals surface area contributed by atoms with E-state index in [1.807, 2.05) is 0 Å². The van der Waals surface area contributed by atoms with Gasteiger partial charge in [0.05, 0.1) is 6.54 Å². The fraction of sp³-hybridized carbons (Fsp3) is 0.875. The molecule has 12 heavy (non-hydrogen) atoms. The zero-order chi connectivity index (χ0) is 8.55. The smallest absolute Gasteiger partial charge is 0.407 e. The number of cyclic esters (lactones) is 1. The Morgan fingerprint density at radius 2 is 2.50 bits per heavy atom. The lowest BCUT2D eigenvalue weighted by atomic mass is 10.1. The van der Waals surface area contributed by atoms with Gasteiger partial charge in [-0.25, -0.2) is 4.79 Å². The van der Waals surface area contributed by atoms with Crippen molar-refractivity contribution in [3.05, 3.63) is 0 Å². The normalized spacial score (nSPS) is 36.6. The average molecular weight is 170 g/mol. The van der Waals surface area contributed by atoms with Crippen molar-refractivity contribution in [2.24, 2.45) is 0 Å². The summed E-state index contributed by atoms with van der Waals surface area (Å²) in [6, 6.07) is 0.434. The number of hydrogen-bond acceptors (Lipinski definition) is 3. The highest BCUT2D eigenvalue weighted by Crippen LogP contribution is 2.21. The maximum atomic E-state index is 10.8. The number of hydrogen-bond donors (Lipinski definition) is 1. The molecule has 2 rings (SSSR count). The van der Waals surface area contributed by atoms with E-state index >= 15 is 0 Å². The molecule has 1 N–H and O–H groups in total. The number of likely N-dealkylation sites (N-methyl/N-ethyl adjacent to an activating group) is 1. The number of ether oxygens (including phenoxy) is 1.